The number of morpholine rings is 1. The van der Waals surface area contributed by atoms with Crippen LogP contribution in [0.3, 0.4) is 0 Å². The molecule has 0 atom stereocenters. The number of methoxy groups -OCH3 is 1. The van der Waals surface area contributed by atoms with E-state index in [1.54, 1.807) is 7.11 Å². The molecule has 2 N–H and O–H groups in total. The van der Waals surface area contributed by atoms with Gasteiger partial charge in [0.25, 0.3) is 0 Å². The average Bonchev–Trinajstić information content (AvgIpc) is 2.75. The fourth-order valence-electron chi connectivity index (χ4n) is 3.34. The van der Waals surface area contributed by atoms with Gasteiger partial charge in [0.05, 0.1) is 26.9 Å². The van der Waals surface area contributed by atoms with Gasteiger partial charge in [0.2, 0.25) is 0 Å². The summed E-state index contributed by atoms with van der Waals surface area (Å²) in [6.45, 7) is 9.42. The van der Waals surface area contributed by atoms with Crippen molar-refractivity contribution in [2.45, 2.75) is 19.9 Å². The minimum Gasteiger partial charge on any atom is -0.497 e. The summed E-state index contributed by atoms with van der Waals surface area (Å²) < 4.78 is 10.7. The first-order chi connectivity index (χ1) is 13.8. The molecular weight excluding hydrogens is 352 g/mol. The molecule has 1 aliphatic rings. The second kappa shape index (κ2) is 10.9. The topological polar surface area (TPSA) is 58.1 Å². The molecule has 1 fully saturated rings. The lowest BCUT2D eigenvalue weighted by molar-refractivity contribution is 0.0376. The van der Waals surface area contributed by atoms with Crippen LogP contribution >= 0.6 is 0 Å². The summed E-state index contributed by atoms with van der Waals surface area (Å²) in [6.07, 6.45) is 1.10. The summed E-state index contributed by atoms with van der Waals surface area (Å²) in [4.78, 5) is 7.20. The van der Waals surface area contributed by atoms with E-state index in [2.05, 4.69) is 52.8 Å². The number of nitrogens with one attached hydrogen (secondary N) is 2. The van der Waals surface area contributed by atoms with Gasteiger partial charge in [-0.1, -0.05) is 18.2 Å². The van der Waals surface area contributed by atoms with Gasteiger partial charge in [0.15, 0.2) is 5.96 Å². The van der Waals surface area contributed by atoms with Crippen LogP contribution in [0.2, 0.25) is 0 Å². The van der Waals surface area contributed by atoms with Gasteiger partial charge in [0.1, 0.15) is 5.75 Å². The first kappa shape index (κ1) is 20.4. The van der Waals surface area contributed by atoms with Gasteiger partial charge >= 0.3 is 0 Å². The maximum absolute atomic E-state index is 5.40. The molecule has 2 aromatic carbocycles. The van der Waals surface area contributed by atoms with Crippen molar-refractivity contribution in [3.8, 4) is 5.75 Å². The smallest absolute Gasteiger partial charge is 0.191 e. The van der Waals surface area contributed by atoms with Gasteiger partial charge in [-0.25, -0.2) is 4.99 Å². The number of nitrogens with zero attached hydrogens (tertiary/aromatic N) is 2. The van der Waals surface area contributed by atoms with Crippen molar-refractivity contribution in [3.05, 3.63) is 42.0 Å². The van der Waals surface area contributed by atoms with E-state index in [1.165, 1.54) is 16.3 Å². The fourth-order valence-corrected chi connectivity index (χ4v) is 3.34. The van der Waals surface area contributed by atoms with Crippen molar-refractivity contribution in [3.63, 3.8) is 0 Å². The fraction of sp³-hybridized carbons (Fsp3) is 0.500. The van der Waals surface area contributed by atoms with E-state index in [4.69, 9.17) is 14.5 Å². The molecule has 0 spiro atoms. The summed E-state index contributed by atoms with van der Waals surface area (Å²) in [5, 5.41) is 9.17. The van der Waals surface area contributed by atoms with E-state index in [1.807, 2.05) is 6.07 Å². The van der Waals surface area contributed by atoms with Gasteiger partial charge in [-0.15, -0.1) is 0 Å². The lowest BCUT2D eigenvalue weighted by Gasteiger charge is -2.26. The van der Waals surface area contributed by atoms with Crippen LogP contribution in [-0.2, 0) is 11.3 Å². The third kappa shape index (κ3) is 6.11. The molecule has 1 saturated heterocycles. The van der Waals surface area contributed by atoms with Gasteiger partial charge < -0.3 is 20.1 Å². The monoisotopic (exact) mass is 384 g/mol. The van der Waals surface area contributed by atoms with Crippen molar-refractivity contribution in [1.29, 1.82) is 0 Å². The summed E-state index contributed by atoms with van der Waals surface area (Å²) in [5.41, 5.74) is 1.20. The highest BCUT2D eigenvalue weighted by molar-refractivity contribution is 5.84. The van der Waals surface area contributed by atoms with Crippen LogP contribution < -0.4 is 15.4 Å². The van der Waals surface area contributed by atoms with Crippen LogP contribution in [0.4, 0.5) is 0 Å². The van der Waals surface area contributed by atoms with E-state index in [0.717, 1.165) is 64.1 Å². The Morgan fingerprint density at radius 2 is 1.89 bits per heavy atom. The van der Waals surface area contributed by atoms with Crippen molar-refractivity contribution in [1.82, 2.24) is 15.5 Å². The quantitative estimate of drug-likeness (QED) is 0.416. The normalized spacial score (nSPS) is 15.6. The molecule has 0 bridgehead atoms. The van der Waals surface area contributed by atoms with Gasteiger partial charge in [0, 0.05) is 26.2 Å². The maximum atomic E-state index is 5.40. The predicted molar refractivity (Wildman–Crippen MR) is 115 cm³/mol. The molecule has 152 valence electrons. The molecule has 1 aliphatic heterocycles. The molecular formula is C22H32N4O2. The number of ether oxygens (including phenoxy) is 2. The Labute approximate surface area is 167 Å². The number of aliphatic imine (C=N–C) groups is 1. The first-order valence-corrected chi connectivity index (χ1v) is 10.2. The molecule has 0 radical (unpaired) electrons. The van der Waals surface area contributed by atoms with E-state index in [-0.39, 0.29) is 0 Å². The number of hydrogen-bond acceptors (Lipinski definition) is 4. The van der Waals surface area contributed by atoms with E-state index < -0.39 is 0 Å². The van der Waals surface area contributed by atoms with Crippen molar-refractivity contribution in [2.75, 3.05) is 53.0 Å². The lowest BCUT2D eigenvalue weighted by Crippen LogP contribution is -2.40. The van der Waals surface area contributed by atoms with E-state index in [0.29, 0.717) is 6.54 Å². The molecule has 1 heterocycles. The molecule has 3 rings (SSSR count). The molecule has 0 amide bonds. The van der Waals surface area contributed by atoms with Crippen LogP contribution in [0.5, 0.6) is 5.75 Å². The van der Waals surface area contributed by atoms with Crippen LogP contribution in [0.15, 0.2) is 41.4 Å². The Balaban J connectivity index is 1.52. The number of guanidine groups is 1. The zero-order valence-electron chi connectivity index (χ0n) is 17.0. The Bertz CT molecular complexity index is 772. The molecule has 0 aromatic heterocycles. The Morgan fingerprint density at radius 3 is 2.68 bits per heavy atom. The minimum absolute atomic E-state index is 0.654. The molecule has 6 heteroatoms. The van der Waals surface area contributed by atoms with Crippen molar-refractivity contribution in [2.24, 2.45) is 4.99 Å². The molecule has 28 heavy (non-hydrogen) atoms. The van der Waals surface area contributed by atoms with Crippen LogP contribution in [0.25, 0.3) is 10.8 Å². The summed E-state index contributed by atoms with van der Waals surface area (Å²) >= 11 is 0. The van der Waals surface area contributed by atoms with E-state index in [9.17, 15) is 0 Å². The Kier molecular flexibility index (Phi) is 7.94. The van der Waals surface area contributed by atoms with Crippen molar-refractivity contribution >= 4 is 16.7 Å². The van der Waals surface area contributed by atoms with Crippen LogP contribution in [0, 0.1) is 0 Å². The van der Waals surface area contributed by atoms with Gasteiger partial charge in [-0.2, -0.15) is 0 Å². The highest BCUT2D eigenvalue weighted by Gasteiger charge is 2.09. The summed E-state index contributed by atoms with van der Waals surface area (Å²) in [5.74, 6) is 1.76. The third-order valence-corrected chi connectivity index (χ3v) is 4.92. The largest absolute Gasteiger partial charge is 0.497 e. The summed E-state index contributed by atoms with van der Waals surface area (Å²) in [6, 6.07) is 12.6. The maximum Gasteiger partial charge on any atom is 0.191 e. The van der Waals surface area contributed by atoms with E-state index >= 15 is 0 Å². The second-order valence-corrected chi connectivity index (χ2v) is 6.98. The molecule has 0 saturated carbocycles. The summed E-state index contributed by atoms with van der Waals surface area (Å²) in [7, 11) is 1.69. The second-order valence-electron chi connectivity index (χ2n) is 6.98. The third-order valence-electron chi connectivity index (χ3n) is 4.92. The molecule has 0 aliphatic carbocycles. The number of rotatable bonds is 8. The lowest BCUT2D eigenvalue weighted by atomic mass is 10.1. The Hall–Kier alpha value is -2.31. The highest BCUT2D eigenvalue weighted by Crippen LogP contribution is 2.22. The highest BCUT2D eigenvalue weighted by atomic mass is 16.5. The Morgan fingerprint density at radius 1 is 1.11 bits per heavy atom. The molecule has 0 unspecified atom stereocenters. The SMILES string of the molecule is CCNC(=NCc1ccc2cc(OC)ccc2c1)NCCCN1CCOCC1. The zero-order chi connectivity index (χ0) is 19.6. The van der Waals surface area contributed by atoms with Crippen LogP contribution in [0.1, 0.15) is 18.9 Å². The number of hydrogen-bond donors (Lipinski definition) is 2. The van der Waals surface area contributed by atoms with Crippen molar-refractivity contribution < 1.29 is 9.47 Å². The number of fused-ring (bicyclic) bond motifs is 1. The average molecular weight is 385 g/mol. The minimum atomic E-state index is 0.654. The van der Waals surface area contributed by atoms with Gasteiger partial charge in [-0.3, -0.25) is 4.90 Å². The predicted octanol–water partition coefficient (Wildman–Crippen LogP) is 2.63. The van der Waals surface area contributed by atoms with Gasteiger partial charge in [-0.05, 0) is 54.4 Å². The number of benzene rings is 2. The molecule has 2 aromatic rings. The zero-order valence-corrected chi connectivity index (χ0v) is 17.0. The standard InChI is InChI=1S/C22H32N4O2/c1-3-23-22(24-9-4-10-26-11-13-28-14-12-26)25-17-18-5-6-20-16-21(27-2)8-7-19(20)15-18/h5-8,15-16H,3-4,9-14,17H2,1-2H3,(H2,23,24,25). The first-order valence-electron chi connectivity index (χ1n) is 10.2. The molecule has 6 nitrogen and oxygen atoms in total. The van der Waals surface area contributed by atoms with Crippen LogP contribution in [-0.4, -0.2) is 63.9 Å².